The van der Waals surface area contributed by atoms with Gasteiger partial charge in [0, 0.05) is 39.3 Å². The molecule has 0 radical (unpaired) electrons. The van der Waals surface area contributed by atoms with Crippen LogP contribution in [0.2, 0.25) is 0 Å². The number of nitrogens with one attached hydrogen (secondary N) is 1. The number of piperazine rings is 1. The average Bonchev–Trinajstić information content (AvgIpc) is 3.22. The van der Waals surface area contributed by atoms with Crippen molar-refractivity contribution in [2.45, 2.75) is 24.9 Å². The monoisotopic (exact) mass is 271 g/mol. The van der Waals surface area contributed by atoms with Gasteiger partial charge < -0.3 is 20.1 Å². The third-order valence-corrected chi connectivity index (χ3v) is 3.59. The molecule has 1 aliphatic carbocycles. The second kappa shape index (κ2) is 6.21. The van der Waals surface area contributed by atoms with E-state index in [0.29, 0.717) is 19.1 Å². The predicted molar refractivity (Wildman–Crippen MR) is 68.0 cm³/mol. The Morgan fingerprint density at radius 3 is 2.42 bits per heavy atom. The predicted octanol–water partition coefficient (Wildman–Crippen LogP) is -0.424. The third kappa shape index (κ3) is 3.81. The number of ether oxygens (including phenoxy) is 1. The Hall–Kier alpha value is -1.34. The SMILES string of the molecule is COCC(NC(=O)N1CCN(C2CC2)CC1)C(=O)O. The Kier molecular flexibility index (Phi) is 4.60. The van der Waals surface area contributed by atoms with E-state index in [-0.39, 0.29) is 12.6 Å². The minimum Gasteiger partial charge on any atom is -0.480 e. The fourth-order valence-electron chi connectivity index (χ4n) is 2.31. The van der Waals surface area contributed by atoms with Gasteiger partial charge in [0.05, 0.1) is 6.61 Å². The van der Waals surface area contributed by atoms with Gasteiger partial charge in [-0.3, -0.25) is 4.90 Å². The van der Waals surface area contributed by atoms with Gasteiger partial charge in [-0.25, -0.2) is 9.59 Å². The Morgan fingerprint density at radius 2 is 1.95 bits per heavy atom. The zero-order valence-electron chi connectivity index (χ0n) is 11.2. The van der Waals surface area contributed by atoms with Crippen LogP contribution in [-0.2, 0) is 9.53 Å². The molecule has 1 unspecified atom stereocenters. The van der Waals surface area contributed by atoms with Crippen LogP contribution in [0.1, 0.15) is 12.8 Å². The van der Waals surface area contributed by atoms with E-state index < -0.39 is 12.0 Å². The molecule has 2 fully saturated rings. The van der Waals surface area contributed by atoms with Crippen LogP contribution in [0.15, 0.2) is 0 Å². The highest BCUT2D eigenvalue weighted by Crippen LogP contribution is 2.27. The molecule has 19 heavy (non-hydrogen) atoms. The smallest absolute Gasteiger partial charge is 0.328 e. The van der Waals surface area contributed by atoms with Crippen molar-refractivity contribution in [1.29, 1.82) is 0 Å². The molecule has 1 saturated carbocycles. The van der Waals surface area contributed by atoms with Crippen LogP contribution in [0.3, 0.4) is 0 Å². The number of carbonyl (C=O) groups excluding carboxylic acids is 1. The fourth-order valence-corrected chi connectivity index (χ4v) is 2.31. The normalized spacial score (nSPS) is 22.1. The van der Waals surface area contributed by atoms with Gasteiger partial charge in [0.1, 0.15) is 0 Å². The number of carboxylic acids is 1. The minimum absolute atomic E-state index is 0.0247. The molecular formula is C12H21N3O4. The zero-order valence-corrected chi connectivity index (χ0v) is 11.2. The number of hydrogen-bond acceptors (Lipinski definition) is 4. The molecule has 0 aromatic carbocycles. The van der Waals surface area contributed by atoms with Crippen LogP contribution >= 0.6 is 0 Å². The fraction of sp³-hybridized carbons (Fsp3) is 0.833. The summed E-state index contributed by atoms with van der Waals surface area (Å²) in [4.78, 5) is 27.0. The minimum atomic E-state index is -1.08. The van der Waals surface area contributed by atoms with Crippen molar-refractivity contribution in [3.05, 3.63) is 0 Å². The number of methoxy groups -OCH3 is 1. The highest BCUT2D eigenvalue weighted by Gasteiger charge is 2.33. The zero-order chi connectivity index (χ0) is 13.8. The van der Waals surface area contributed by atoms with Crippen molar-refractivity contribution < 1.29 is 19.4 Å². The Labute approximate surface area is 112 Å². The second-order valence-electron chi connectivity index (χ2n) is 5.05. The van der Waals surface area contributed by atoms with E-state index in [9.17, 15) is 9.59 Å². The van der Waals surface area contributed by atoms with Crippen LogP contribution in [0.4, 0.5) is 4.79 Å². The maximum atomic E-state index is 12.0. The molecule has 0 aromatic heterocycles. The number of carbonyl (C=O) groups is 2. The second-order valence-corrected chi connectivity index (χ2v) is 5.05. The topological polar surface area (TPSA) is 82.1 Å². The number of rotatable bonds is 5. The average molecular weight is 271 g/mol. The number of urea groups is 1. The molecule has 7 heteroatoms. The molecule has 2 rings (SSSR count). The molecule has 108 valence electrons. The number of aliphatic carboxylic acids is 1. The quantitative estimate of drug-likeness (QED) is 0.709. The van der Waals surface area contributed by atoms with Crippen LogP contribution in [0.5, 0.6) is 0 Å². The molecule has 7 nitrogen and oxygen atoms in total. The van der Waals surface area contributed by atoms with Crippen LogP contribution in [-0.4, -0.2) is 78.9 Å². The summed E-state index contributed by atoms with van der Waals surface area (Å²) in [5, 5.41) is 11.4. The van der Waals surface area contributed by atoms with Crippen LogP contribution in [0, 0.1) is 0 Å². The summed E-state index contributed by atoms with van der Waals surface area (Å²) in [6.07, 6.45) is 2.53. The van der Waals surface area contributed by atoms with E-state index >= 15 is 0 Å². The van der Waals surface area contributed by atoms with Crippen molar-refractivity contribution in [3.8, 4) is 0 Å². The molecular weight excluding hydrogens is 250 g/mol. The summed E-state index contributed by atoms with van der Waals surface area (Å²) >= 11 is 0. The molecule has 0 spiro atoms. The Balaban J connectivity index is 1.77. The highest BCUT2D eigenvalue weighted by molar-refractivity contribution is 5.82. The van der Waals surface area contributed by atoms with E-state index in [4.69, 9.17) is 9.84 Å². The first-order chi connectivity index (χ1) is 9.11. The summed E-state index contributed by atoms with van der Waals surface area (Å²) in [6.45, 7) is 3.03. The largest absolute Gasteiger partial charge is 0.480 e. The molecule has 0 aromatic rings. The number of amides is 2. The van der Waals surface area contributed by atoms with Crippen molar-refractivity contribution in [1.82, 2.24) is 15.1 Å². The van der Waals surface area contributed by atoms with Gasteiger partial charge in [-0.2, -0.15) is 0 Å². The molecule has 2 aliphatic rings. The number of carboxylic acid groups (broad SMARTS) is 1. The lowest BCUT2D eigenvalue weighted by molar-refractivity contribution is -0.140. The first-order valence-corrected chi connectivity index (χ1v) is 6.63. The molecule has 0 bridgehead atoms. The Morgan fingerprint density at radius 1 is 1.32 bits per heavy atom. The summed E-state index contributed by atoms with van der Waals surface area (Å²) in [5.74, 6) is -1.08. The van der Waals surface area contributed by atoms with E-state index in [2.05, 4.69) is 10.2 Å². The van der Waals surface area contributed by atoms with Gasteiger partial charge in [-0.15, -0.1) is 0 Å². The summed E-state index contributed by atoms with van der Waals surface area (Å²) in [6, 6.07) is -0.593. The molecule has 1 saturated heterocycles. The van der Waals surface area contributed by atoms with Gasteiger partial charge in [0.2, 0.25) is 0 Å². The maximum Gasteiger partial charge on any atom is 0.328 e. The molecule has 2 amide bonds. The Bertz CT molecular complexity index is 338. The highest BCUT2D eigenvalue weighted by atomic mass is 16.5. The molecule has 1 aliphatic heterocycles. The van der Waals surface area contributed by atoms with E-state index in [1.807, 2.05) is 0 Å². The van der Waals surface area contributed by atoms with Crippen LogP contribution in [0.25, 0.3) is 0 Å². The van der Waals surface area contributed by atoms with Gasteiger partial charge in [-0.05, 0) is 12.8 Å². The lowest BCUT2D eigenvalue weighted by Crippen LogP contribution is -2.55. The van der Waals surface area contributed by atoms with E-state index in [0.717, 1.165) is 13.1 Å². The number of hydrogen-bond donors (Lipinski definition) is 2. The van der Waals surface area contributed by atoms with Gasteiger partial charge >= 0.3 is 12.0 Å². The van der Waals surface area contributed by atoms with Crippen LogP contribution < -0.4 is 5.32 Å². The first kappa shape index (κ1) is 14.1. The third-order valence-electron chi connectivity index (χ3n) is 3.59. The van der Waals surface area contributed by atoms with Crippen molar-refractivity contribution in [2.75, 3.05) is 39.9 Å². The van der Waals surface area contributed by atoms with E-state index in [1.165, 1.54) is 20.0 Å². The maximum absolute atomic E-state index is 12.0. The van der Waals surface area contributed by atoms with Crippen molar-refractivity contribution in [3.63, 3.8) is 0 Å². The summed E-state index contributed by atoms with van der Waals surface area (Å²) in [5.41, 5.74) is 0. The van der Waals surface area contributed by atoms with Gasteiger partial charge in [-0.1, -0.05) is 0 Å². The molecule has 1 heterocycles. The van der Waals surface area contributed by atoms with E-state index in [1.54, 1.807) is 4.90 Å². The summed E-state index contributed by atoms with van der Waals surface area (Å²) in [7, 11) is 1.41. The summed E-state index contributed by atoms with van der Waals surface area (Å²) < 4.78 is 4.79. The lowest BCUT2D eigenvalue weighted by atomic mass is 10.3. The van der Waals surface area contributed by atoms with Gasteiger partial charge in [0.15, 0.2) is 6.04 Å². The number of nitrogens with zero attached hydrogens (tertiary/aromatic N) is 2. The molecule has 1 atom stereocenters. The molecule has 2 N–H and O–H groups in total. The van der Waals surface area contributed by atoms with Crippen molar-refractivity contribution >= 4 is 12.0 Å². The standard InChI is InChI=1S/C12H21N3O4/c1-19-8-10(11(16)17)13-12(18)15-6-4-14(5-7-15)9-2-3-9/h9-10H,2-8H2,1H3,(H,13,18)(H,16,17). The van der Waals surface area contributed by atoms with Gasteiger partial charge in [0.25, 0.3) is 0 Å². The van der Waals surface area contributed by atoms with Crippen molar-refractivity contribution in [2.24, 2.45) is 0 Å². The lowest BCUT2D eigenvalue weighted by Gasteiger charge is -2.35. The first-order valence-electron chi connectivity index (χ1n) is 6.63.